The summed E-state index contributed by atoms with van der Waals surface area (Å²) in [6.07, 6.45) is 11.2. The molecule has 0 aromatic heterocycles. The summed E-state index contributed by atoms with van der Waals surface area (Å²) in [7, 11) is 1.68. The molecule has 0 atom stereocenters. The number of hydrogen-bond acceptors (Lipinski definition) is 3. The molecular weight excluding hydrogens is 276 g/mol. The van der Waals surface area contributed by atoms with Crippen molar-refractivity contribution in [2.75, 3.05) is 13.7 Å². The largest absolute Gasteiger partial charge is 0.453 e. The molecule has 0 bridgehead atoms. The third kappa shape index (κ3) is 9.24. The van der Waals surface area contributed by atoms with Crippen LogP contribution < -0.4 is 0 Å². The molecule has 3 nitrogen and oxygen atoms in total. The number of rotatable bonds is 14. The molecule has 0 aliphatic heterocycles. The molecule has 0 aliphatic carbocycles. The van der Waals surface area contributed by atoms with Gasteiger partial charge in [0.25, 0.3) is 0 Å². The third-order valence-electron chi connectivity index (χ3n) is 4.04. The van der Waals surface area contributed by atoms with Crippen LogP contribution in [0.25, 0.3) is 0 Å². The van der Waals surface area contributed by atoms with E-state index in [1.807, 2.05) is 0 Å². The Hall–Kier alpha value is -0.830. The van der Waals surface area contributed by atoms with Gasteiger partial charge in [0, 0.05) is 12.7 Å². The second kappa shape index (κ2) is 12.7. The fourth-order valence-electron chi connectivity index (χ4n) is 2.70. The van der Waals surface area contributed by atoms with Gasteiger partial charge >= 0.3 is 5.97 Å². The van der Waals surface area contributed by atoms with Crippen LogP contribution in [0, 0.1) is 0 Å². The average molecular weight is 312 g/mol. The summed E-state index contributed by atoms with van der Waals surface area (Å²) in [5.41, 5.74) is -0.0192. The van der Waals surface area contributed by atoms with Crippen molar-refractivity contribution in [1.82, 2.24) is 0 Å². The van der Waals surface area contributed by atoms with E-state index in [1.165, 1.54) is 38.5 Å². The second-order valence-electron chi connectivity index (χ2n) is 6.41. The Bertz CT molecular complexity index is 298. The molecule has 0 aromatic rings. The van der Waals surface area contributed by atoms with Gasteiger partial charge in [0.1, 0.15) is 5.60 Å². The van der Waals surface area contributed by atoms with Gasteiger partial charge in [-0.3, -0.25) is 0 Å². The van der Waals surface area contributed by atoms with Gasteiger partial charge in [-0.15, -0.1) is 0 Å². The van der Waals surface area contributed by atoms with Crippen molar-refractivity contribution in [3.63, 3.8) is 0 Å². The van der Waals surface area contributed by atoms with Gasteiger partial charge in [0.2, 0.25) is 0 Å². The van der Waals surface area contributed by atoms with Gasteiger partial charge in [-0.1, -0.05) is 59.0 Å². The monoisotopic (exact) mass is 312 g/mol. The Morgan fingerprint density at radius 2 is 1.45 bits per heavy atom. The standard InChI is InChI=1S/C19H36O3/c1-6-8-10-12-14-19(16-21-5,15-13-11-9-7-2)22-18(20)17(3)4/h3,6-16H2,1-2,4-5H3. The van der Waals surface area contributed by atoms with Crippen molar-refractivity contribution in [3.8, 4) is 0 Å². The lowest BCUT2D eigenvalue weighted by atomic mass is 9.90. The minimum atomic E-state index is -0.480. The molecule has 0 aliphatic rings. The van der Waals surface area contributed by atoms with Crippen LogP contribution in [0.1, 0.15) is 85.0 Å². The van der Waals surface area contributed by atoms with Crippen LogP contribution >= 0.6 is 0 Å². The zero-order chi connectivity index (χ0) is 16.8. The number of carbonyl (C=O) groups is 1. The normalized spacial score (nSPS) is 11.5. The van der Waals surface area contributed by atoms with Gasteiger partial charge in [0.05, 0.1) is 6.61 Å². The first-order valence-corrected chi connectivity index (χ1v) is 8.89. The number of unbranched alkanes of at least 4 members (excludes halogenated alkanes) is 6. The Kier molecular flexibility index (Phi) is 12.2. The van der Waals surface area contributed by atoms with Gasteiger partial charge in [-0.2, -0.15) is 0 Å². The summed E-state index contributed by atoms with van der Waals surface area (Å²) in [6, 6.07) is 0. The number of carbonyl (C=O) groups excluding carboxylic acids is 1. The quantitative estimate of drug-likeness (QED) is 0.244. The fourth-order valence-corrected chi connectivity index (χ4v) is 2.70. The first kappa shape index (κ1) is 21.2. The summed E-state index contributed by atoms with van der Waals surface area (Å²) < 4.78 is 11.2. The molecule has 0 heterocycles. The predicted molar refractivity (Wildman–Crippen MR) is 93.0 cm³/mol. The minimum absolute atomic E-state index is 0.289. The molecule has 0 N–H and O–H groups in total. The lowest BCUT2D eigenvalue weighted by Crippen LogP contribution is -2.40. The summed E-state index contributed by atoms with van der Waals surface area (Å²) in [4.78, 5) is 12.0. The van der Waals surface area contributed by atoms with Crippen molar-refractivity contribution in [3.05, 3.63) is 12.2 Å². The fraction of sp³-hybridized carbons (Fsp3) is 0.842. The van der Waals surface area contributed by atoms with Crippen molar-refractivity contribution in [2.24, 2.45) is 0 Å². The van der Waals surface area contributed by atoms with Gasteiger partial charge in [0.15, 0.2) is 0 Å². The van der Waals surface area contributed by atoms with Crippen LogP contribution in [0.4, 0.5) is 0 Å². The highest BCUT2D eigenvalue weighted by atomic mass is 16.6. The molecule has 0 radical (unpaired) electrons. The highest BCUT2D eigenvalue weighted by molar-refractivity contribution is 5.87. The van der Waals surface area contributed by atoms with Crippen LogP contribution in [0.2, 0.25) is 0 Å². The average Bonchev–Trinajstić information content (AvgIpc) is 2.48. The molecule has 0 amide bonds. The Morgan fingerprint density at radius 3 is 1.82 bits per heavy atom. The molecule has 3 heteroatoms. The van der Waals surface area contributed by atoms with E-state index in [0.29, 0.717) is 12.2 Å². The van der Waals surface area contributed by atoms with E-state index >= 15 is 0 Å². The predicted octanol–water partition coefficient (Wildman–Crippen LogP) is 5.43. The van der Waals surface area contributed by atoms with Gasteiger partial charge < -0.3 is 9.47 Å². The number of ether oxygens (including phenoxy) is 2. The molecule has 0 unspecified atom stereocenters. The maximum atomic E-state index is 12.0. The van der Waals surface area contributed by atoms with Gasteiger partial charge in [-0.05, 0) is 32.6 Å². The lowest BCUT2D eigenvalue weighted by Gasteiger charge is -2.33. The molecule has 0 spiro atoms. The van der Waals surface area contributed by atoms with Crippen molar-refractivity contribution >= 4 is 5.97 Å². The lowest BCUT2D eigenvalue weighted by molar-refractivity contribution is -0.163. The Balaban J connectivity index is 4.74. The maximum absolute atomic E-state index is 12.0. The number of hydrogen-bond donors (Lipinski definition) is 0. The molecule has 0 rings (SSSR count). The van der Waals surface area contributed by atoms with E-state index < -0.39 is 5.60 Å². The van der Waals surface area contributed by atoms with Crippen LogP contribution in [0.15, 0.2) is 12.2 Å². The van der Waals surface area contributed by atoms with E-state index in [1.54, 1.807) is 14.0 Å². The minimum Gasteiger partial charge on any atom is -0.453 e. The summed E-state index contributed by atoms with van der Waals surface area (Å²) in [5, 5.41) is 0. The SMILES string of the molecule is C=C(C)C(=O)OC(CCCCCC)(CCCCCC)COC. The third-order valence-corrected chi connectivity index (χ3v) is 4.04. The van der Waals surface area contributed by atoms with Crippen LogP contribution in [-0.2, 0) is 14.3 Å². The van der Waals surface area contributed by atoms with Crippen LogP contribution in [-0.4, -0.2) is 25.3 Å². The molecule has 0 aromatic carbocycles. The number of methoxy groups -OCH3 is 1. The molecular formula is C19H36O3. The van der Waals surface area contributed by atoms with E-state index in [-0.39, 0.29) is 5.97 Å². The van der Waals surface area contributed by atoms with E-state index in [4.69, 9.17) is 9.47 Å². The maximum Gasteiger partial charge on any atom is 0.333 e. The molecule has 0 saturated carbocycles. The van der Waals surface area contributed by atoms with Crippen LogP contribution in [0.3, 0.4) is 0 Å². The molecule has 0 saturated heterocycles. The molecule has 0 fully saturated rings. The first-order chi connectivity index (χ1) is 10.5. The van der Waals surface area contributed by atoms with Crippen molar-refractivity contribution < 1.29 is 14.3 Å². The Labute approximate surface area is 137 Å². The zero-order valence-electron chi connectivity index (χ0n) is 15.2. The van der Waals surface area contributed by atoms with Crippen LogP contribution in [0.5, 0.6) is 0 Å². The number of esters is 1. The van der Waals surface area contributed by atoms with E-state index in [0.717, 1.165) is 25.7 Å². The van der Waals surface area contributed by atoms with E-state index in [2.05, 4.69) is 20.4 Å². The summed E-state index contributed by atoms with van der Waals surface area (Å²) in [6.45, 7) is 10.3. The van der Waals surface area contributed by atoms with Crippen molar-refractivity contribution in [1.29, 1.82) is 0 Å². The van der Waals surface area contributed by atoms with Crippen molar-refractivity contribution in [2.45, 2.75) is 90.6 Å². The smallest absolute Gasteiger partial charge is 0.333 e. The highest BCUT2D eigenvalue weighted by Gasteiger charge is 2.33. The topological polar surface area (TPSA) is 35.5 Å². The molecule has 22 heavy (non-hydrogen) atoms. The summed E-state index contributed by atoms with van der Waals surface area (Å²) >= 11 is 0. The summed E-state index contributed by atoms with van der Waals surface area (Å²) in [5.74, 6) is -0.289. The Morgan fingerprint density at radius 1 is 0.955 bits per heavy atom. The highest BCUT2D eigenvalue weighted by Crippen LogP contribution is 2.28. The second-order valence-corrected chi connectivity index (χ2v) is 6.41. The van der Waals surface area contributed by atoms with E-state index in [9.17, 15) is 4.79 Å². The van der Waals surface area contributed by atoms with Gasteiger partial charge in [-0.25, -0.2) is 4.79 Å². The molecule has 130 valence electrons. The zero-order valence-corrected chi connectivity index (χ0v) is 15.2. The first-order valence-electron chi connectivity index (χ1n) is 8.89.